The zero-order valence-corrected chi connectivity index (χ0v) is 13.5. The highest BCUT2D eigenvalue weighted by Gasteiger charge is 2.57. The molecule has 0 unspecified atom stereocenters. The lowest BCUT2D eigenvalue weighted by molar-refractivity contribution is -0.132. The van der Waals surface area contributed by atoms with Crippen molar-refractivity contribution in [2.45, 2.75) is 12.8 Å². The van der Waals surface area contributed by atoms with Gasteiger partial charge in [-0.1, -0.05) is 35.9 Å². The van der Waals surface area contributed by atoms with Crippen molar-refractivity contribution in [2.75, 3.05) is 17.3 Å². The molecule has 0 heterocycles. The molecule has 0 spiro atoms. The normalized spacial score (nSPS) is 14.9. The summed E-state index contributed by atoms with van der Waals surface area (Å²) < 4.78 is 0. The van der Waals surface area contributed by atoms with Crippen LogP contribution < -0.4 is 10.2 Å². The lowest BCUT2D eigenvalue weighted by Crippen LogP contribution is -2.41. The first-order valence-corrected chi connectivity index (χ1v) is 7.81. The fourth-order valence-electron chi connectivity index (χ4n) is 2.57. The van der Waals surface area contributed by atoms with E-state index in [0.29, 0.717) is 23.6 Å². The number of carbonyl (C=O) groups excluding carboxylic acids is 2. The van der Waals surface area contributed by atoms with Crippen LogP contribution in [0.1, 0.15) is 12.8 Å². The van der Waals surface area contributed by atoms with Crippen LogP contribution in [0.2, 0.25) is 5.02 Å². The number of nitrogens with zero attached hydrogens (tertiary/aromatic N) is 1. The van der Waals surface area contributed by atoms with Gasteiger partial charge >= 0.3 is 0 Å². The first kappa shape index (κ1) is 15.6. The van der Waals surface area contributed by atoms with Gasteiger partial charge in [0.25, 0.3) is 0 Å². The number of para-hydroxylation sites is 1. The first-order valence-electron chi connectivity index (χ1n) is 7.43. The van der Waals surface area contributed by atoms with Gasteiger partial charge in [-0.15, -0.1) is 0 Å². The van der Waals surface area contributed by atoms with Gasteiger partial charge in [0, 0.05) is 23.4 Å². The van der Waals surface area contributed by atoms with E-state index < -0.39 is 5.41 Å². The van der Waals surface area contributed by atoms with Crippen LogP contribution in [0.5, 0.6) is 0 Å². The van der Waals surface area contributed by atoms with Crippen LogP contribution in [0.4, 0.5) is 11.4 Å². The molecule has 1 aliphatic carbocycles. The highest BCUT2D eigenvalue weighted by Crippen LogP contribution is 2.48. The van der Waals surface area contributed by atoms with Crippen LogP contribution in [-0.4, -0.2) is 18.9 Å². The molecule has 3 rings (SSSR count). The summed E-state index contributed by atoms with van der Waals surface area (Å²) in [5.74, 6) is -0.448. The van der Waals surface area contributed by atoms with Crippen LogP contribution >= 0.6 is 11.6 Å². The number of rotatable bonds is 4. The molecule has 118 valence electrons. The van der Waals surface area contributed by atoms with Gasteiger partial charge in [-0.05, 0) is 43.2 Å². The molecule has 2 aromatic carbocycles. The van der Waals surface area contributed by atoms with Crippen molar-refractivity contribution in [3.05, 3.63) is 59.6 Å². The molecular weight excluding hydrogens is 312 g/mol. The topological polar surface area (TPSA) is 49.4 Å². The second-order valence-corrected chi connectivity index (χ2v) is 6.18. The quantitative estimate of drug-likeness (QED) is 0.870. The zero-order chi connectivity index (χ0) is 16.4. The van der Waals surface area contributed by atoms with E-state index in [1.54, 1.807) is 36.2 Å². The minimum absolute atomic E-state index is 0.178. The predicted octanol–water partition coefficient (Wildman–Crippen LogP) is 3.72. The highest BCUT2D eigenvalue weighted by atomic mass is 35.5. The summed E-state index contributed by atoms with van der Waals surface area (Å²) in [5.41, 5.74) is 0.413. The molecule has 4 nitrogen and oxygen atoms in total. The van der Waals surface area contributed by atoms with Crippen LogP contribution in [0, 0.1) is 5.41 Å². The van der Waals surface area contributed by atoms with Gasteiger partial charge in [0.05, 0.1) is 0 Å². The number of hydrogen-bond donors (Lipinski definition) is 1. The lowest BCUT2D eigenvalue weighted by Gasteiger charge is -2.23. The Morgan fingerprint density at radius 3 is 2.39 bits per heavy atom. The van der Waals surface area contributed by atoms with E-state index in [1.165, 1.54) is 0 Å². The number of nitrogens with one attached hydrogen (secondary N) is 1. The number of carbonyl (C=O) groups is 2. The Balaban J connectivity index is 1.76. The maximum atomic E-state index is 12.8. The molecule has 0 aromatic heterocycles. The lowest BCUT2D eigenvalue weighted by atomic mass is 10.0. The molecule has 0 atom stereocenters. The van der Waals surface area contributed by atoms with Crippen LogP contribution in [0.3, 0.4) is 0 Å². The summed E-state index contributed by atoms with van der Waals surface area (Å²) in [7, 11) is 1.70. The Kier molecular flexibility index (Phi) is 4.09. The van der Waals surface area contributed by atoms with Gasteiger partial charge in [-0.2, -0.15) is 0 Å². The van der Waals surface area contributed by atoms with E-state index in [1.807, 2.05) is 30.3 Å². The summed E-state index contributed by atoms with van der Waals surface area (Å²) in [4.78, 5) is 26.9. The number of benzene rings is 2. The maximum absolute atomic E-state index is 12.8. The molecule has 23 heavy (non-hydrogen) atoms. The SMILES string of the molecule is CN(C(=O)C1(C(=O)Nc2cccc(Cl)c2)CC1)c1ccccc1. The van der Waals surface area contributed by atoms with E-state index in [9.17, 15) is 9.59 Å². The van der Waals surface area contributed by atoms with Crippen LogP contribution in [0.15, 0.2) is 54.6 Å². The Bertz CT molecular complexity index is 742. The van der Waals surface area contributed by atoms with Crippen molar-refractivity contribution >= 4 is 34.8 Å². The van der Waals surface area contributed by atoms with Crippen LogP contribution in [-0.2, 0) is 9.59 Å². The standard InChI is InChI=1S/C18H17ClN2O2/c1-21(15-8-3-2-4-9-15)17(23)18(10-11-18)16(22)20-14-7-5-6-13(19)12-14/h2-9,12H,10-11H2,1H3,(H,20,22). The third-order valence-electron chi connectivity index (χ3n) is 4.12. The summed E-state index contributed by atoms with van der Waals surface area (Å²) >= 11 is 5.92. The average molecular weight is 329 g/mol. The predicted molar refractivity (Wildman–Crippen MR) is 91.6 cm³/mol. The number of halogens is 1. The molecule has 0 bridgehead atoms. The third kappa shape index (κ3) is 3.08. The van der Waals surface area contributed by atoms with E-state index in [-0.39, 0.29) is 11.8 Å². The van der Waals surface area contributed by atoms with Gasteiger partial charge in [0.2, 0.25) is 11.8 Å². The number of amides is 2. The molecule has 0 saturated heterocycles. The summed E-state index contributed by atoms with van der Waals surface area (Å²) in [6.07, 6.45) is 1.13. The number of anilines is 2. The van der Waals surface area contributed by atoms with E-state index in [2.05, 4.69) is 5.32 Å². The van der Waals surface area contributed by atoms with Crippen molar-refractivity contribution in [2.24, 2.45) is 5.41 Å². The smallest absolute Gasteiger partial charge is 0.242 e. The number of hydrogen-bond acceptors (Lipinski definition) is 2. The monoisotopic (exact) mass is 328 g/mol. The molecule has 1 N–H and O–H groups in total. The summed E-state index contributed by atoms with van der Waals surface area (Å²) in [5, 5.41) is 3.34. The minimum atomic E-state index is -0.965. The molecule has 0 aliphatic heterocycles. The molecule has 1 saturated carbocycles. The molecule has 2 aromatic rings. The van der Waals surface area contributed by atoms with Gasteiger partial charge in [0.15, 0.2) is 0 Å². The minimum Gasteiger partial charge on any atom is -0.325 e. The Morgan fingerprint density at radius 1 is 1.09 bits per heavy atom. The molecule has 0 radical (unpaired) electrons. The van der Waals surface area contributed by atoms with Crippen molar-refractivity contribution in [3.8, 4) is 0 Å². The van der Waals surface area contributed by atoms with E-state index in [4.69, 9.17) is 11.6 Å². The first-order chi connectivity index (χ1) is 11.0. The van der Waals surface area contributed by atoms with Gasteiger partial charge in [-0.25, -0.2) is 0 Å². The Hall–Kier alpha value is -2.33. The van der Waals surface area contributed by atoms with Crippen molar-refractivity contribution in [1.82, 2.24) is 0 Å². The Morgan fingerprint density at radius 2 is 1.78 bits per heavy atom. The Labute approximate surface area is 140 Å². The highest BCUT2D eigenvalue weighted by molar-refractivity contribution is 6.31. The zero-order valence-electron chi connectivity index (χ0n) is 12.8. The summed E-state index contributed by atoms with van der Waals surface area (Å²) in [6.45, 7) is 0. The largest absolute Gasteiger partial charge is 0.325 e. The van der Waals surface area contributed by atoms with Crippen molar-refractivity contribution < 1.29 is 9.59 Å². The van der Waals surface area contributed by atoms with Crippen LogP contribution in [0.25, 0.3) is 0 Å². The second-order valence-electron chi connectivity index (χ2n) is 5.75. The van der Waals surface area contributed by atoms with Crippen molar-refractivity contribution in [3.63, 3.8) is 0 Å². The van der Waals surface area contributed by atoms with Crippen molar-refractivity contribution in [1.29, 1.82) is 0 Å². The second kappa shape index (κ2) is 6.05. The van der Waals surface area contributed by atoms with Gasteiger partial charge in [-0.3, -0.25) is 9.59 Å². The third-order valence-corrected chi connectivity index (χ3v) is 4.36. The molecule has 5 heteroatoms. The molecular formula is C18H17ClN2O2. The molecule has 1 fully saturated rings. The fourth-order valence-corrected chi connectivity index (χ4v) is 2.76. The van der Waals surface area contributed by atoms with E-state index in [0.717, 1.165) is 5.69 Å². The molecule has 1 aliphatic rings. The maximum Gasteiger partial charge on any atom is 0.242 e. The van der Waals surface area contributed by atoms with E-state index >= 15 is 0 Å². The van der Waals surface area contributed by atoms with Gasteiger partial charge in [0.1, 0.15) is 5.41 Å². The summed E-state index contributed by atoms with van der Waals surface area (Å²) in [6, 6.07) is 16.2. The fraction of sp³-hybridized carbons (Fsp3) is 0.222. The average Bonchev–Trinajstić information content (AvgIpc) is 3.36. The van der Waals surface area contributed by atoms with Gasteiger partial charge < -0.3 is 10.2 Å². The molecule has 2 amide bonds.